The first-order chi connectivity index (χ1) is 8.22. The summed E-state index contributed by atoms with van der Waals surface area (Å²) in [6.45, 7) is 0. The molecule has 17 heavy (non-hydrogen) atoms. The van der Waals surface area contributed by atoms with Gasteiger partial charge in [0.25, 0.3) is 0 Å². The summed E-state index contributed by atoms with van der Waals surface area (Å²) in [5, 5.41) is 0.428. The Morgan fingerprint density at radius 1 is 1.18 bits per heavy atom. The summed E-state index contributed by atoms with van der Waals surface area (Å²) in [6, 6.07) is 5.51. The molecule has 0 saturated carbocycles. The maximum absolute atomic E-state index is 5.84. The summed E-state index contributed by atoms with van der Waals surface area (Å²) < 4.78 is 1.96. The predicted molar refractivity (Wildman–Crippen MR) is 66.8 cm³/mol. The molecule has 0 aliphatic rings. The summed E-state index contributed by atoms with van der Waals surface area (Å²) in [5.41, 5.74) is 3.13. The smallest absolute Gasteiger partial charge is 0.180 e. The van der Waals surface area contributed by atoms with Gasteiger partial charge in [-0.2, -0.15) is 0 Å². The van der Waals surface area contributed by atoms with Crippen LogP contribution in [-0.2, 0) is 7.05 Å². The number of aryl methyl sites for hydroxylation is 1. The molecule has 0 radical (unpaired) electrons. The predicted octanol–water partition coefficient (Wildman–Crippen LogP) is 2.68. The van der Waals surface area contributed by atoms with Crippen LogP contribution in [0.2, 0.25) is 5.15 Å². The van der Waals surface area contributed by atoms with Crippen LogP contribution in [0.15, 0.2) is 36.8 Å². The molecule has 3 rings (SSSR count). The fourth-order valence-corrected chi connectivity index (χ4v) is 1.81. The standard InChI is InChI=1S/C12H9ClN4/c1-17-5-4-8(7-17)10-6-14-9-2-3-11(13)16-12(9)15-10/h2-7H,1H3. The molecule has 0 amide bonds. The average molecular weight is 245 g/mol. The highest BCUT2D eigenvalue weighted by Gasteiger charge is 2.05. The van der Waals surface area contributed by atoms with Crippen LogP contribution in [0.3, 0.4) is 0 Å². The van der Waals surface area contributed by atoms with Gasteiger partial charge in [-0.3, -0.25) is 4.98 Å². The van der Waals surface area contributed by atoms with E-state index in [0.717, 1.165) is 16.8 Å². The molecule has 0 N–H and O–H groups in total. The van der Waals surface area contributed by atoms with Gasteiger partial charge in [0.05, 0.1) is 11.9 Å². The Morgan fingerprint density at radius 3 is 2.82 bits per heavy atom. The molecule has 0 spiro atoms. The minimum atomic E-state index is 0.428. The van der Waals surface area contributed by atoms with Crippen LogP contribution in [0, 0.1) is 0 Å². The number of pyridine rings is 1. The molecule has 3 aromatic heterocycles. The second-order valence-electron chi connectivity index (χ2n) is 3.80. The van der Waals surface area contributed by atoms with Gasteiger partial charge in [-0.15, -0.1) is 0 Å². The number of rotatable bonds is 1. The van der Waals surface area contributed by atoms with E-state index < -0.39 is 0 Å². The molecule has 3 heterocycles. The van der Waals surface area contributed by atoms with E-state index in [0.29, 0.717) is 10.8 Å². The molecule has 0 saturated heterocycles. The minimum Gasteiger partial charge on any atom is -0.357 e. The average Bonchev–Trinajstić information content (AvgIpc) is 2.75. The highest BCUT2D eigenvalue weighted by atomic mass is 35.5. The van der Waals surface area contributed by atoms with E-state index in [4.69, 9.17) is 11.6 Å². The summed E-state index contributed by atoms with van der Waals surface area (Å²) >= 11 is 5.84. The zero-order valence-electron chi connectivity index (χ0n) is 9.13. The number of halogens is 1. The summed E-state index contributed by atoms with van der Waals surface area (Å²) in [4.78, 5) is 12.9. The lowest BCUT2D eigenvalue weighted by atomic mass is 10.2. The molecule has 0 fully saturated rings. The van der Waals surface area contributed by atoms with E-state index >= 15 is 0 Å². The largest absolute Gasteiger partial charge is 0.357 e. The number of hydrogen-bond acceptors (Lipinski definition) is 3. The van der Waals surface area contributed by atoms with Crippen molar-refractivity contribution in [3.05, 3.63) is 41.9 Å². The maximum atomic E-state index is 5.84. The Kier molecular flexibility index (Phi) is 2.30. The van der Waals surface area contributed by atoms with Crippen molar-refractivity contribution in [2.45, 2.75) is 0 Å². The molecule has 0 atom stereocenters. The van der Waals surface area contributed by atoms with Gasteiger partial charge in [0.2, 0.25) is 0 Å². The van der Waals surface area contributed by atoms with Gasteiger partial charge in [-0.05, 0) is 18.2 Å². The van der Waals surface area contributed by atoms with Gasteiger partial charge in [-0.25, -0.2) is 9.97 Å². The van der Waals surface area contributed by atoms with Crippen molar-refractivity contribution in [1.82, 2.24) is 19.5 Å². The van der Waals surface area contributed by atoms with E-state index in [2.05, 4.69) is 15.0 Å². The van der Waals surface area contributed by atoms with E-state index in [1.54, 1.807) is 12.3 Å². The van der Waals surface area contributed by atoms with Crippen molar-refractivity contribution >= 4 is 22.8 Å². The van der Waals surface area contributed by atoms with Crippen molar-refractivity contribution in [1.29, 1.82) is 0 Å². The van der Waals surface area contributed by atoms with Crippen LogP contribution in [0.5, 0.6) is 0 Å². The molecule has 0 aliphatic carbocycles. The fourth-order valence-electron chi connectivity index (χ4n) is 1.67. The zero-order valence-corrected chi connectivity index (χ0v) is 9.89. The third-order valence-electron chi connectivity index (χ3n) is 2.50. The molecule has 0 bridgehead atoms. The molecular formula is C12H9ClN4. The van der Waals surface area contributed by atoms with E-state index in [-0.39, 0.29) is 0 Å². The van der Waals surface area contributed by atoms with Crippen molar-refractivity contribution < 1.29 is 0 Å². The van der Waals surface area contributed by atoms with Gasteiger partial charge < -0.3 is 4.57 Å². The Labute approximate surface area is 103 Å². The van der Waals surface area contributed by atoms with Gasteiger partial charge in [-0.1, -0.05) is 11.6 Å². The van der Waals surface area contributed by atoms with Crippen LogP contribution in [0.1, 0.15) is 0 Å². The first-order valence-electron chi connectivity index (χ1n) is 5.14. The van der Waals surface area contributed by atoms with Crippen molar-refractivity contribution in [2.75, 3.05) is 0 Å². The normalized spacial score (nSPS) is 10.9. The van der Waals surface area contributed by atoms with Crippen LogP contribution in [0.25, 0.3) is 22.4 Å². The Balaban J connectivity index is 2.18. The SMILES string of the molecule is Cn1ccc(-c2cnc3ccc(Cl)nc3n2)c1. The number of fused-ring (bicyclic) bond motifs is 1. The Bertz CT molecular complexity index is 690. The molecule has 3 aromatic rings. The first kappa shape index (κ1) is 10.2. The van der Waals surface area contributed by atoms with Crippen molar-refractivity contribution in [3.63, 3.8) is 0 Å². The zero-order chi connectivity index (χ0) is 11.8. The fraction of sp³-hybridized carbons (Fsp3) is 0.0833. The molecule has 5 heteroatoms. The second kappa shape index (κ2) is 3.82. The molecule has 0 unspecified atom stereocenters. The lowest BCUT2D eigenvalue weighted by Gasteiger charge is -1.99. The monoisotopic (exact) mass is 244 g/mol. The van der Waals surface area contributed by atoms with Gasteiger partial charge in [0.1, 0.15) is 10.7 Å². The molecular weight excluding hydrogens is 236 g/mol. The quantitative estimate of drug-likeness (QED) is 0.618. The molecule has 0 aliphatic heterocycles. The summed E-state index contributed by atoms with van der Waals surface area (Å²) in [5.74, 6) is 0. The molecule has 84 valence electrons. The second-order valence-corrected chi connectivity index (χ2v) is 4.18. The number of hydrogen-bond donors (Lipinski definition) is 0. The van der Waals surface area contributed by atoms with Crippen LogP contribution >= 0.6 is 11.6 Å². The van der Waals surface area contributed by atoms with E-state index in [1.165, 1.54) is 0 Å². The van der Waals surface area contributed by atoms with Gasteiger partial charge in [0, 0.05) is 25.0 Å². The van der Waals surface area contributed by atoms with Crippen molar-refractivity contribution in [3.8, 4) is 11.3 Å². The van der Waals surface area contributed by atoms with Crippen LogP contribution in [0.4, 0.5) is 0 Å². The number of nitrogens with zero attached hydrogens (tertiary/aromatic N) is 4. The third-order valence-corrected chi connectivity index (χ3v) is 2.71. The molecule has 4 nitrogen and oxygen atoms in total. The van der Waals surface area contributed by atoms with E-state index in [9.17, 15) is 0 Å². The highest BCUT2D eigenvalue weighted by Crippen LogP contribution is 2.19. The maximum Gasteiger partial charge on any atom is 0.180 e. The topological polar surface area (TPSA) is 43.6 Å². The highest BCUT2D eigenvalue weighted by molar-refractivity contribution is 6.29. The van der Waals surface area contributed by atoms with Crippen LogP contribution in [-0.4, -0.2) is 19.5 Å². The van der Waals surface area contributed by atoms with E-state index in [1.807, 2.05) is 36.1 Å². The lowest BCUT2D eigenvalue weighted by Crippen LogP contribution is -1.90. The van der Waals surface area contributed by atoms with Crippen molar-refractivity contribution in [2.24, 2.45) is 7.05 Å². The van der Waals surface area contributed by atoms with Crippen LogP contribution < -0.4 is 0 Å². The Hall–Kier alpha value is -1.94. The molecule has 0 aromatic carbocycles. The van der Waals surface area contributed by atoms with Gasteiger partial charge in [0.15, 0.2) is 5.65 Å². The minimum absolute atomic E-state index is 0.428. The number of aromatic nitrogens is 4. The summed E-state index contributed by atoms with van der Waals surface area (Å²) in [7, 11) is 1.97. The third kappa shape index (κ3) is 1.87. The lowest BCUT2D eigenvalue weighted by molar-refractivity contribution is 0.928. The van der Waals surface area contributed by atoms with Gasteiger partial charge >= 0.3 is 0 Å². The first-order valence-corrected chi connectivity index (χ1v) is 5.52. The summed E-state index contributed by atoms with van der Waals surface area (Å²) in [6.07, 6.45) is 5.69. The Morgan fingerprint density at radius 2 is 2.06 bits per heavy atom.